The van der Waals surface area contributed by atoms with Crippen LogP contribution in [0.25, 0.3) is 0 Å². The number of hydrogen-bond acceptors (Lipinski definition) is 2. The first kappa shape index (κ1) is 10.5. The summed E-state index contributed by atoms with van der Waals surface area (Å²) in [6, 6.07) is 7.98. The van der Waals surface area contributed by atoms with Gasteiger partial charge >= 0.3 is 0 Å². The smallest absolute Gasteiger partial charge is 0.230 e. The molecule has 0 saturated carbocycles. The molecule has 3 nitrogen and oxygen atoms in total. The first-order valence-electron chi connectivity index (χ1n) is 4.87. The lowest BCUT2D eigenvalue weighted by atomic mass is 10.1. The van der Waals surface area contributed by atoms with Crippen LogP contribution in [0.4, 0.5) is 0 Å². The Bertz CT molecular complexity index is 342. The van der Waals surface area contributed by atoms with Crippen LogP contribution >= 0.6 is 15.9 Å². The van der Waals surface area contributed by atoms with E-state index < -0.39 is 0 Å². The molecular formula is C11H12BrNO2. The Hall–Kier alpha value is -1.03. The molecular weight excluding hydrogens is 258 g/mol. The molecule has 4 heteroatoms. The minimum Gasteiger partial charge on any atom is -0.488 e. The van der Waals surface area contributed by atoms with Gasteiger partial charge in [0.2, 0.25) is 5.91 Å². The van der Waals surface area contributed by atoms with E-state index in [0.717, 1.165) is 12.2 Å². The van der Waals surface area contributed by atoms with Gasteiger partial charge in [-0.15, -0.1) is 0 Å². The molecule has 0 aliphatic carbocycles. The van der Waals surface area contributed by atoms with Crippen molar-refractivity contribution in [1.82, 2.24) is 5.32 Å². The summed E-state index contributed by atoms with van der Waals surface area (Å²) < 4.78 is 5.67. The fourth-order valence-electron chi connectivity index (χ4n) is 1.64. The van der Waals surface area contributed by atoms with Gasteiger partial charge in [0.15, 0.2) is 0 Å². The van der Waals surface area contributed by atoms with Crippen molar-refractivity contribution < 1.29 is 9.53 Å². The minimum atomic E-state index is -0.00504. The van der Waals surface area contributed by atoms with Crippen LogP contribution in [-0.4, -0.2) is 23.9 Å². The van der Waals surface area contributed by atoms with E-state index in [1.54, 1.807) is 0 Å². The summed E-state index contributed by atoms with van der Waals surface area (Å²) >= 11 is 3.10. The number of alkyl halides is 1. The molecule has 1 heterocycles. The van der Waals surface area contributed by atoms with Crippen LogP contribution in [0.2, 0.25) is 0 Å². The summed E-state index contributed by atoms with van der Waals surface area (Å²) in [6.45, 7) is 0.569. The van der Waals surface area contributed by atoms with Crippen LogP contribution in [0.3, 0.4) is 0 Å². The Morgan fingerprint density at radius 1 is 1.53 bits per heavy atom. The van der Waals surface area contributed by atoms with E-state index >= 15 is 0 Å². The van der Waals surface area contributed by atoms with Crippen LogP contribution in [0.1, 0.15) is 5.56 Å². The second kappa shape index (κ2) is 4.66. The Morgan fingerprint density at radius 2 is 2.33 bits per heavy atom. The molecule has 0 aromatic heterocycles. The Balaban J connectivity index is 1.88. The summed E-state index contributed by atoms with van der Waals surface area (Å²) in [5, 5.41) is 3.14. The second-order valence-corrected chi connectivity index (χ2v) is 4.05. The average Bonchev–Trinajstić information content (AvgIpc) is 2.68. The average molecular weight is 270 g/mol. The highest BCUT2D eigenvalue weighted by Crippen LogP contribution is 2.27. The number of ether oxygens (including phenoxy) is 1. The molecule has 0 bridgehead atoms. The van der Waals surface area contributed by atoms with E-state index in [1.165, 1.54) is 5.56 Å². The van der Waals surface area contributed by atoms with Crippen LogP contribution < -0.4 is 10.1 Å². The fourth-order valence-corrected chi connectivity index (χ4v) is 1.84. The number of carbonyl (C=O) groups excluding carboxylic acids is 1. The van der Waals surface area contributed by atoms with Gasteiger partial charge in [-0.25, -0.2) is 0 Å². The SMILES string of the molecule is O=C(CBr)NCC1Cc2ccccc2O1. The molecule has 0 radical (unpaired) electrons. The molecule has 2 rings (SSSR count). The third-order valence-electron chi connectivity index (χ3n) is 2.36. The highest BCUT2D eigenvalue weighted by molar-refractivity contribution is 9.09. The zero-order valence-electron chi connectivity index (χ0n) is 8.20. The summed E-state index contributed by atoms with van der Waals surface area (Å²) in [5.41, 5.74) is 1.22. The topological polar surface area (TPSA) is 38.3 Å². The van der Waals surface area contributed by atoms with E-state index in [-0.39, 0.29) is 12.0 Å². The second-order valence-electron chi connectivity index (χ2n) is 3.49. The lowest BCUT2D eigenvalue weighted by Crippen LogP contribution is -2.34. The van der Waals surface area contributed by atoms with Crippen molar-refractivity contribution in [2.75, 3.05) is 11.9 Å². The number of rotatable bonds is 3. The Labute approximate surface area is 96.9 Å². The molecule has 80 valence electrons. The van der Waals surface area contributed by atoms with Crippen molar-refractivity contribution in [3.8, 4) is 5.75 Å². The lowest BCUT2D eigenvalue weighted by Gasteiger charge is -2.10. The van der Waals surface area contributed by atoms with Gasteiger partial charge in [0.05, 0.1) is 11.9 Å². The van der Waals surface area contributed by atoms with Crippen molar-refractivity contribution in [2.24, 2.45) is 0 Å². The number of fused-ring (bicyclic) bond motifs is 1. The molecule has 1 aromatic carbocycles. The number of halogens is 1. The van der Waals surface area contributed by atoms with Crippen LogP contribution in [0, 0.1) is 0 Å². The number of hydrogen-bond donors (Lipinski definition) is 1. The normalized spacial score (nSPS) is 18.1. The Morgan fingerprint density at radius 3 is 3.07 bits per heavy atom. The number of nitrogens with one attached hydrogen (secondary N) is 1. The summed E-state index contributed by atoms with van der Waals surface area (Å²) in [6.07, 6.45) is 0.948. The van der Waals surface area contributed by atoms with Gasteiger partial charge < -0.3 is 10.1 Å². The molecule has 1 aliphatic rings. The highest BCUT2D eigenvalue weighted by Gasteiger charge is 2.22. The number of para-hydroxylation sites is 1. The fraction of sp³-hybridized carbons (Fsp3) is 0.364. The van der Waals surface area contributed by atoms with Gasteiger partial charge in [-0.3, -0.25) is 4.79 Å². The Kier molecular flexibility index (Phi) is 3.26. The zero-order valence-corrected chi connectivity index (χ0v) is 9.79. The molecule has 15 heavy (non-hydrogen) atoms. The predicted molar refractivity (Wildman–Crippen MR) is 61.4 cm³/mol. The van der Waals surface area contributed by atoms with Gasteiger partial charge in [-0.1, -0.05) is 34.1 Å². The molecule has 1 aromatic rings. The summed E-state index contributed by atoms with van der Waals surface area (Å²) in [5.74, 6) is 0.935. The molecule has 0 fully saturated rings. The van der Waals surface area contributed by atoms with Gasteiger partial charge in [0, 0.05) is 6.42 Å². The van der Waals surface area contributed by atoms with Crippen molar-refractivity contribution in [3.63, 3.8) is 0 Å². The first-order valence-corrected chi connectivity index (χ1v) is 5.99. The molecule has 1 aliphatic heterocycles. The quantitative estimate of drug-likeness (QED) is 0.845. The van der Waals surface area contributed by atoms with E-state index in [1.807, 2.05) is 18.2 Å². The zero-order chi connectivity index (χ0) is 10.7. The standard InChI is InChI=1S/C11H12BrNO2/c12-6-11(14)13-7-9-5-8-3-1-2-4-10(8)15-9/h1-4,9H,5-7H2,(H,13,14). The van der Waals surface area contributed by atoms with Crippen molar-refractivity contribution in [1.29, 1.82) is 0 Å². The molecule has 0 saturated heterocycles. The molecule has 1 N–H and O–H groups in total. The maximum Gasteiger partial charge on any atom is 0.230 e. The van der Waals surface area contributed by atoms with Gasteiger partial charge in [0.1, 0.15) is 11.9 Å². The number of benzene rings is 1. The van der Waals surface area contributed by atoms with Gasteiger partial charge in [-0.05, 0) is 11.6 Å². The maximum atomic E-state index is 11.0. The van der Waals surface area contributed by atoms with Crippen LogP contribution in [0.5, 0.6) is 5.75 Å². The minimum absolute atomic E-state index is 0.00504. The summed E-state index contributed by atoms with van der Waals surface area (Å²) in [4.78, 5) is 11.0. The number of amides is 1. The highest BCUT2D eigenvalue weighted by atomic mass is 79.9. The third-order valence-corrected chi connectivity index (χ3v) is 2.87. The first-order chi connectivity index (χ1) is 7.29. The van der Waals surface area contributed by atoms with Crippen molar-refractivity contribution in [2.45, 2.75) is 12.5 Å². The van der Waals surface area contributed by atoms with Crippen molar-refractivity contribution >= 4 is 21.8 Å². The third kappa shape index (κ3) is 2.50. The largest absolute Gasteiger partial charge is 0.488 e. The summed E-state index contributed by atoms with van der Waals surface area (Å²) in [7, 11) is 0. The maximum absolute atomic E-state index is 11.0. The van der Waals surface area contributed by atoms with Crippen LogP contribution in [-0.2, 0) is 11.2 Å². The molecule has 0 spiro atoms. The predicted octanol–water partition coefficient (Wildman–Crippen LogP) is 1.50. The van der Waals surface area contributed by atoms with E-state index in [2.05, 4.69) is 27.3 Å². The number of carbonyl (C=O) groups is 1. The van der Waals surface area contributed by atoms with E-state index in [4.69, 9.17) is 4.74 Å². The van der Waals surface area contributed by atoms with Crippen molar-refractivity contribution in [3.05, 3.63) is 29.8 Å². The van der Waals surface area contributed by atoms with Crippen LogP contribution in [0.15, 0.2) is 24.3 Å². The van der Waals surface area contributed by atoms with E-state index in [0.29, 0.717) is 11.9 Å². The molecule has 1 amide bonds. The molecule has 1 atom stereocenters. The van der Waals surface area contributed by atoms with Gasteiger partial charge in [0.25, 0.3) is 0 Å². The van der Waals surface area contributed by atoms with E-state index in [9.17, 15) is 4.79 Å². The van der Waals surface area contributed by atoms with Gasteiger partial charge in [-0.2, -0.15) is 0 Å². The lowest BCUT2D eigenvalue weighted by molar-refractivity contribution is -0.118. The monoisotopic (exact) mass is 269 g/mol. The molecule has 1 unspecified atom stereocenters.